The molecule has 1 atom stereocenters. The number of hydrogen-bond donors (Lipinski definition) is 1. The average molecular weight is 376 g/mol. The maximum atomic E-state index is 12.4. The zero-order chi connectivity index (χ0) is 19.3. The Kier molecular flexibility index (Phi) is 5.37. The van der Waals surface area contributed by atoms with Crippen LogP contribution in [0.15, 0.2) is 59.0 Å². The first-order chi connectivity index (χ1) is 13.7. The molecule has 1 fully saturated rings. The largest absolute Gasteiger partial charge is 0.421 e. The first-order valence-electron chi connectivity index (χ1n) is 9.63. The molecule has 4 rings (SSSR count). The van der Waals surface area contributed by atoms with Crippen molar-refractivity contribution >= 4 is 6.03 Å². The van der Waals surface area contributed by atoms with Gasteiger partial charge in [0, 0.05) is 31.6 Å². The van der Waals surface area contributed by atoms with Crippen LogP contribution >= 0.6 is 0 Å². The number of carbonyl (C=O) groups is 1. The molecule has 0 spiro atoms. The molecule has 0 aliphatic carbocycles. The summed E-state index contributed by atoms with van der Waals surface area (Å²) in [6.07, 6.45) is 1.64. The number of aromatic nitrogens is 2. The standard InChI is InChI=1S/C22H24N4O2/c1-16-7-9-17(10-8-16)14-23-22(27)26-12-11-18(15-26)13-20-24-25-21(28-20)19-5-3-2-4-6-19/h2-10,18H,11-15H2,1H3,(H,23,27). The number of hydrogen-bond acceptors (Lipinski definition) is 4. The first-order valence-corrected chi connectivity index (χ1v) is 9.63. The van der Waals surface area contributed by atoms with Crippen LogP contribution in [-0.4, -0.2) is 34.2 Å². The maximum absolute atomic E-state index is 12.4. The highest BCUT2D eigenvalue weighted by molar-refractivity contribution is 5.74. The number of likely N-dealkylation sites (tertiary alicyclic amines) is 1. The van der Waals surface area contributed by atoms with Crippen molar-refractivity contribution in [2.45, 2.75) is 26.3 Å². The number of nitrogens with zero attached hydrogens (tertiary/aromatic N) is 3. The molecule has 1 aliphatic rings. The smallest absolute Gasteiger partial charge is 0.317 e. The van der Waals surface area contributed by atoms with Gasteiger partial charge in [0.2, 0.25) is 11.8 Å². The summed E-state index contributed by atoms with van der Waals surface area (Å²) in [4.78, 5) is 14.3. The Bertz CT molecular complexity index is 921. The van der Waals surface area contributed by atoms with E-state index in [1.807, 2.05) is 47.4 Å². The summed E-state index contributed by atoms with van der Waals surface area (Å²) in [6, 6.07) is 17.9. The first kappa shape index (κ1) is 18.2. The SMILES string of the molecule is Cc1ccc(CNC(=O)N2CCC(Cc3nnc(-c4ccccc4)o3)C2)cc1. The summed E-state index contributed by atoms with van der Waals surface area (Å²) in [5.41, 5.74) is 3.24. The fourth-order valence-corrected chi connectivity index (χ4v) is 3.46. The van der Waals surface area contributed by atoms with E-state index in [4.69, 9.17) is 4.42 Å². The summed E-state index contributed by atoms with van der Waals surface area (Å²) in [6.45, 7) is 4.07. The van der Waals surface area contributed by atoms with E-state index in [0.717, 1.165) is 24.1 Å². The van der Waals surface area contributed by atoms with E-state index in [1.54, 1.807) is 0 Å². The van der Waals surface area contributed by atoms with Gasteiger partial charge in [0.05, 0.1) is 0 Å². The molecular weight excluding hydrogens is 352 g/mol. The molecule has 0 saturated carbocycles. The van der Waals surface area contributed by atoms with Gasteiger partial charge in [-0.05, 0) is 37.0 Å². The van der Waals surface area contributed by atoms with Gasteiger partial charge < -0.3 is 14.6 Å². The molecule has 2 amide bonds. The summed E-state index contributed by atoms with van der Waals surface area (Å²) in [5, 5.41) is 11.3. The molecule has 2 heterocycles. The molecule has 1 unspecified atom stereocenters. The van der Waals surface area contributed by atoms with Crippen LogP contribution in [0.1, 0.15) is 23.4 Å². The lowest BCUT2D eigenvalue weighted by atomic mass is 10.1. The van der Waals surface area contributed by atoms with E-state index >= 15 is 0 Å². The van der Waals surface area contributed by atoms with Gasteiger partial charge in [-0.15, -0.1) is 10.2 Å². The molecule has 1 N–H and O–H groups in total. The van der Waals surface area contributed by atoms with E-state index in [9.17, 15) is 4.79 Å². The Morgan fingerprint density at radius 3 is 2.71 bits per heavy atom. The van der Waals surface area contributed by atoms with Gasteiger partial charge in [-0.1, -0.05) is 48.0 Å². The zero-order valence-corrected chi connectivity index (χ0v) is 16.0. The van der Waals surface area contributed by atoms with Crippen molar-refractivity contribution in [3.8, 4) is 11.5 Å². The Balaban J connectivity index is 1.27. The van der Waals surface area contributed by atoms with E-state index < -0.39 is 0 Å². The third kappa shape index (κ3) is 4.39. The zero-order valence-electron chi connectivity index (χ0n) is 16.0. The second kappa shape index (κ2) is 8.25. The predicted octanol–water partition coefficient (Wildman–Crippen LogP) is 3.82. The number of carbonyl (C=O) groups excluding carboxylic acids is 1. The number of aryl methyl sites for hydroxylation is 1. The molecule has 6 heteroatoms. The third-order valence-electron chi connectivity index (χ3n) is 5.09. The monoisotopic (exact) mass is 376 g/mol. The highest BCUT2D eigenvalue weighted by Gasteiger charge is 2.27. The number of urea groups is 1. The highest BCUT2D eigenvalue weighted by atomic mass is 16.4. The topological polar surface area (TPSA) is 71.3 Å². The van der Waals surface area contributed by atoms with Gasteiger partial charge >= 0.3 is 6.03 Å². The second-order valence-corrected chi connectivity index (χ2v) is 7.32. The van der Waals surface area contributed by atoms with Gasteiger partial charge in [-0.25, -0.2) is 4.79 Å². The molecule has 3 aromatic rings. The van der Waals surface area contributed by atoms with Crippen LogP contribution in [0.5, 0.6) is 0 Å². The molecule has 1 aliphatic heterocycles. The van der Waals surface area contributed by atoms with Crippen molar-refractivity contribution in [3.05, 3.63) is 71.6 Å². The quantitative estimate of drug-likeness (QED) is 0.735. The normalized spacial score (nSPS) is 16.3. The van der Waals surface area contributed by atoms with Gasteiger partial charge in [-0.2, -0.15) is 0 Å². The Morgan fingerprint density at radius 2 is 1.93 bits per heavy atom. The van der Waals surface area contributed by atoms with Gasteiger partial charge in [0.15, 0.2) is 0 Å². The number of amides is 2. The Labute approximate surface area is 164 Å². The second-order valence-electron chi connectivity index (χ2n) is 7.32. The number of rotatable bonds is 5. The summed E-state index contributed by atoms with van der Waals surface area (Å²) in [5.74, 6) is 1.52. The minimum Gasteiger partial charge on any atom is -0.421 e. The highest BCUT2D eigenvalue weighted by Crippen LogP contribution is 2.23. The number of benzene rings is 2. The van der Waals surface area contributed by atoms with Crippen LogP contribution in [0.3, 0.4) is 0 Å². The molecule has 1 saturated heterocycles. The van der Waals surface area contributed by atoms with Crippen molar-refractivity contribution in [1.82, 2.24) is 20.4 Å². The molecule has 28 heavy (non-hydrogen) atoms. The molecule has 144 valence electrons. The van der Waals surface area contributed by atoms with E-state index in [0.29, 0.717) is 37.2 Å². The lowest BCUT2D eigenvalue weighted by Crippen LogP contribution is -2.38. The lowest BCUT2D eigenvalue weighted by molar-refractivity contribution is 0.206. The van der Waals surface area contributed by atoms with Crippen molar-refractivity contribution < 1.29 is 9.21 Å². The van der Waals surface area contributed by atoms with Crippen molar-refractivity contribution in [2.75, 3.05) is 13.1 Å². The molecule has 2 aromatic carbocycles. The lowest BCUT2D eigenvalue weighted by Gasteiger charge is -2.17. The molecule has 0 bridgehead atoms. The Morgan fingerprint density at radius 1 is 1.14 bits per heavy atom. The fourth-order valence-electron chi connectivity index (χ4n) is 3.46. The number of nitrogens with one attached hydrogen (secondary N) is 1. The van der Waals surface area contributed by atoms with Crippen molar-refractivity contribution in [1.29, 1.82) is 0 Å². The van der Waals surface area contributed by atoms with Crippen LogP contribution in [0.4, 0.5) is 4.79 Å². The van der Waals surface area contributed by atoms with Crippen LogP contribution in [0, 0.1) is 12.8 Å². The Hall–Kier alpha value is -3.15. The predicted molar refractivity (Wildman–Crippen MR) is 107 cm³/mol. The molecule has 6 nitrogen and oxygen atoms in total. The molecule has 1 aromatic heterocycles. The van der Waals surface area contributed by atoms with Crippen molar-refractivity contribution in [3.63, 3.8) is 0 Å². The van der Waals surface area contributed by atoms with E-state index in [1.165, 1.54) is 5.56 Å². The van der Waals surface area contributed by atoms with Crippen LogP contribution < -0.4 is 5.32 Å². The van der Waals surface area contributed by atoms with Crippen LogP contribution in [-0.2, 0) is 13.0 Å². The van der Waals surface area contributed by atoms with E-state index in [-0.39, 0.29) is 6.03 Å². The summed E-state index contributed by atoms with van der Waals surface area (Å²) in [7, 11) is 0. The fraction of sp³-hybridized carbons (Fsp3) is 0.318. The third-order valence-corrected chi connectivity index (χ3v) is 5.09. The van der Waals surface area contributed by atoms with Crippen LogP contribution in [0.25, 0.3) is 11.5 Å². The van der Waals surface area contributed by atoms with Crippen LogP contribution in [0.2, 0.25) is 0 Å². The van der Waals surface area contributed by atoms with Crippen molar-refractivity contribution in [2.24, 2.45) is 5.92 Å². The molecular formula is C22H24N4O2. The molecule has 0 radical (unpaired) electrons. The minimum atomic E-state index is -0.0152. The van der Waals surface area contributed by atoms with E-state index in [2.05, 4.69) is 34.6 Å². The average Bonchev–Trinajstić information content (AvgIpc) is 3.38. The van der Waals surface area contributed by atoms with Gasteiger partial charge in [0.1, 0.15) is 0 Å². The summed E-state index contributed by atoms with van der Waals surface area (Å²) >= 11 is 0. The van der Waals surface area contributed by atoms with Gasteiger partial charge in [0.25, 0.3) is 0 Å². The van der Waals surface area contributed by atoms with Gasteiger partial charge in [-0.3, -0.25) is 0 Å². The maximum Gasteiger partial charge on any atom is 0.317 e. The summed E-state index contributed by atoms with van der Waals surface area (Å²) < 4.78 is 5.80. The minimum absolute atomic E-state index is 0.0152.